The minimum absolute atomic E-state index is 0.117. The van der Waals surface area contributed by atoms with Gasteiger partial charge in [-0.15, -0.1) is 0 Å². The number of nitrogens with two attached hydrogens (primary N) is 1. The number of nitrogens with zero attached hydrogens (tertiary/aromatic N) is 1. The predicted octanol–water partition coefficient (Wildman–Crippen LogP) is 7.12. The Morgan fingerprint density at radius 3 is 2.17 bits per heavy atom. The zero-order valence-corrected chi connectivity index (χ0v) is 27.3. The molecule has 2 aliphatic rings. The van der Waals surface area contributed by atoms with E-state index in [2.05, 4.69) is 0 Å². The maximum Gasteiger partial charge on any atom is 0.298 e. The molecule has 0 aromatic heterocycles. The van der Waals surface area contributed by atoms with Crippen molar-refractivity contribution < 1.29 is 35.5 Å². The van der Waals surface area contributed by atoms with Gasteiger partial charge in [-0.25, -0.2) is 17.2 Å². The molecule has 0 unspecified atom stereocenters. The Morgan fingerprint density at radius 1 is 0.917 bits per heavy atom. The van der Waals surface area contributed by atoms with Crippen molar-refractivity contribution in [1.82, 2.24) is 9.62 Å². The summed E-state index contributed by atoms with van der Waals surface area (Å²) in [5, 5.41) is 1.65. The molecule has 0 spiro atoms. The summed E-state index contributed by atoms with van der Waals surface area (Å²) in [5.74, 6) is -8.56. The number of benzene rings is 4. The molecule has 2 atom stereocenters. The van der Waals surface area contributed by atoms with Crippen molar-refractivity contribution in [2.75, 3.05) is 13.1 Å². The first kappa shape index (κ1) is 34.2. The fourth-order valence-corrected chi connectivity index (χ4v) is 7.52. The van der Waals surface area contributed by atoms with Gasteiger partial charge >= 0.3 is 0 Å². The summed E-state index contributed by atoms with van der Waals surface area (Å²) in [4.78, 5) is 13.8. The van der Waals surface area contributed by atoms with Crippen LogP contribution in [0, 0.1) is 0 Å². The van der Waals surface area contributed by atoms with Gasteiger partial charge in [-0.05, 0) is 90.4 Å². The lowest BCUT2D eigenvalue weighted by atomic mass is 9.95. The Labute approximate surface area is 281 Å². The second kappa shape index (κ2) is 13.3. The number of ether oxygens (including phenoxy) is 1. The van der Waals surface area contributed by atoms with Crippen molar-refractivity contribution >= 4 is 38.3 Å². The van der Waals surface area contributed by atoms with Crippen LogP contribution in [0.5, 0.6) is 5.75 Å². The Kier molecular flexibility index (Phi) is 9.47. The summed E-state index contributed by atoms with van der Waals surface area (Å²) in [6.07, 6.45) is 3.87. The van der Waals surface area contributed by atoms with Crippen LogP contribution in [0.25, 0.3) is 21.9 Å². The molecule has 7 nitrogen and oxygen atoms in total. The van der Waals surface area contributed by atoms with E-state index in [4.69, 9.17) is 22.1 Å². The molecule has 1 aliphatic carbocycles. The molecule has 4 aromatic rings. The van der Waals surface area contributed by atoms with Gasteiger partial charge in [0.2, 0.25) is 15.9 Å². The Morgan fingerprint density at radius 2 is 1.52 bits per heavy atom. The highest BCUT2D eigenvalue weighted by Gasteiger charge is 2.52. The Bertz CT molecular complexity index is 1900. The van der Waals surface area contributed by atoms with E-state index >= 15 is 8.78 Å². The lowest BCUT2D eigenvalue weighted by Crippen LogP contribution is -2.62. The van der Waals surface area contributed by atoms with E-state index in [1.165, 1.54) is 30.3 Å². The van der Waals surface area contributed by atoms with Crippen molar-refractivity contribution in [3.8, 4) is 16.9 Å². The lowest BCUT2D eigenvalue weighted by Gasteiger charge is -2.39. The third-order valence-corrected chi connectivity index (χ3v) is 10.7. The number of sulfonamides is 1. The van der Waals surface area contributed by atoms with Gasteiger partial charge in [0, 0.05) is 17.1 Å². The molecule has 13 heteroatoms. The summed E-state index contributed by atoms with van der Waals surface area (Å²) in [5.41, 5.74) is 6.07. The average molecular weight is 704 g/mol. The number of likely N-dealkylation sites (tertiary alicyclic amines) is 1. The topological polar surface area (TPSA) is 102 Å². The molecule has 2 fully saturated rings. The minimum Gasteiger partial charge on any atom is -0.490 e. The van der Waals surface area contributed by atoms with Gasteiger partial charge in [-0.3, -0.25) is 4.79 Å². The van der Waals surface area contributed by atoms with Crippen molar-refractivity contribution in [2.24, 2.45) is 5.73 Å². The molecule has 1 saturated carbocycles. The quantitative estimate of drug-likeness (QED) is 0.181. The maximum atomic E-state index is 16.4. The fourth-order valence-electron chi connectivity index (χ4n) is 6.17. The molecule has 3 N–H and O–H groups in total. The molecule has 6 rings (SSSR count). The van der Waals surface area contributed by atoms with E-state index in [0.29, 0.717) is 37.6 Å². The van der Waals surface area contributed by atoms with Crippen molar-refractivity contribution in [3.05, 3.63) is 95.5 Å². The van der Waals surface area contributed by atoms with Crippen LogP contribution in [0.4, 0.5) is 17.6 Å². The number of rotatable bonds is 9. The van der Waals surface area contributed by atoms with Gasteiger partial charge in [-0.1, -0.05) is 60.1 Å². The van der Waals surface area contributed by atoms with Crippen LogP contribution >= 0.6 is 11.6 Å². The average Bonchev–Trinajstić information content (AvgIpc) is 3.58. The molecular weight excluding hydrogens is 670 g/mol. The smallest absolute Gasteiger partial charge is 0.298 e. The van der Waals surface area contributed by atoms with Gasteiger partial charge in [-0.2, -0.15) is 13.5 Å². The molecule has 1 saturated heterocycles. The summed E-state index contributed by atoms with van der Waals surface area (Å²) < 4.78 is 97.1. The first-order chi connectivity index (χ1) is 22.7. The number of hydrogen-bond acceptors (Lipinski definition) is 5. The number of piperidine rings is 1. The number of hydrogen-bond donors (Lipinski definition) is 2. The van der Waals surface area contributed by atoms with Crippen LogP contribution < -0.4 is 15.2 Å². The SMILES string of the molecule is N[C@@H]1CCN(C(=O)[C@@H](NS(=O)(=O)c2ccc3cc(OC4CCCC4)ccc3c2)C(F)(F)c2ccc(-c3ccc(Cl)cc3)cc2)CC1(F)F. The monoisotopic (exact) mass is 703 g/mol. The molecule has 1 amide bonds. The third kappa shape index (κ3) is 7.17. The van der Waals surface area contributed by atoms with Crippen LogP contribution in [0.15, 0.2) is 89.8 Å². The second-order valence-electron chi connectivity index (χ2n) is 12.4. The second-order valence-corrected chi connectivity index (χ2v) is 14.5. The molecular formula is C35H34ClF4N3O4S. The van der Waals surface area contributed by atoms with E-state index in [1.54, 1.807) is 42.5 Å². The van der Waals surface area contributed by atoms with Gasteiger partial charge < -0.3 is 15.4 Å². The predicted molar refractivity (Wildman–Crippen MR) is 176 cm³/mol. The highest BCUT2D eigenvalue weighted by molar-refractivity contribution is 7.89. The van der Waals surface area contributed by atoms with E-state index in [-0.39, 0.29) is 24.0 Å². The van der Waals surface area contributed by atoms with Crippen LogP contribution in [0.3, 0.4) is 0 Å². The fraction of sp³-hybridized carbons (Fsp3) is 0.343. The number of nitrogens with one attached hydrogen (secondary N) is 1. The van der Waals surface area contributed by atoms with E-state index in [9.17, 15) is 22.0 Å². The van der Waals surface area contributed by atoms with Crippen LogP contribution in [-0.4, -0.2) is 56.4 Å². The number of alkyl halides is 4. The zero-order chi connectivity index (χ0) is 34.3. The van der Waals surface area contributed by atoms with Crippen LogP contribution in [0.2, 0.25) is 5.02 Å². The highest BCUT2D eigenvalue weighted by atomic mass is 35.5. The zero-order valence-electron chi connectivity index (χ0n) is 25.7. The first-order valence-electron chi connectivity index (χ1n) is 15.6. The summed E-state index contributed by atoms with van der Waals surface area (Å²) >= 11 is 5.95. The molecule has 0 bridgehead atoms. The van der Waals surface area contributed by atoms with E-state index < -0.39 is 52.0 Å². The van der Waals surface area contributed by atoms with Crippen molar-refractivity contribution in [1.29, 1.82) is 0 Å². The van der Waals surface area contributed by atoms with Gasteiger partial charge in [0.05, 0.1) is 23.6 Å². The van der Waals surface area contributed by atoms with Crippen molar-refractivity contribution in [3.63, 3.8) is 0 Å². The van der Waals surface area contributed by atoms with Gasteiger partial charge in [0.25, 0.3) is 11.8 Å². The third-order valence-electron chi connectivity index (χ3n) is 8.99. The van der Waals surface area contributed by atoms with E-state index in [0.717, 1.165) is 37.8 Å². The number of fused-ring (bicyclic) bond motifs is 1. The number of amides is 1. The molecule has 1 heterocycles. The Balaban J connectivity index is 1.31. The maximum absolute atomic E-state index is 16.4. The Hall–Kier alpha value is -3.71. The molecule has 48 heavy (non-hydrogen) atoms. The van der Waals surface area contributed by atoms with Gasteiger partial charge in [0.1, 0.15) is 5.75 Å². The number of carbonyl (C=O) groups excluding carboxylic acids is 1. The minimum atomic E-state index is -4.78. The summed E-state index contributed by atoms with van der Waals surface area (Å²) in [7, 11) is -4.78. The van der Waals surface area contributed by atoms with Crippen LogP contribution in [-0.2, 0) is 20.7 Å². The van der Waals surface area contributed by atoms with Crippen molar-refractivity contribution in [2.45, 2.75) is 67.0 Å². The molecule has 0 radical (unpaired) electrons. The van der Waals surface area contributed by atoms with Gasteiger partial charge in [0.15, 0.2) is 6.04 Å². The molecule has 254 valence electrons. The largest absolute Gasteiger partial charge is 0.490 e. The summed E-state index contributed by atoms with van der Waals surface area (Å²) in [6.45, 7) is -1.57. The normalized spacial score (nSPS) is 19.4. The number of halogens is 5. The first-order valence-corrected chi connectivity index (χ1v) is 17.5. The highest BCUT2D eigenvalue weighted by Crippen LogP contribution is 2.37. The molecule has 1 aliphatic heterocycles. The summed E-state index contributed by atoms with van der Waals surface area (Å²) in [6, 6.07) is 16.5. The molecule has 4 aromatic carbocycles. The van der Waals surface area contributed by atoms with E-state index in [1.807, 2.05) is 4.72 Å². The lowest BCUT2D eigenvalue weighted by molar-refractivity contribution is -0.155. The number of carbonyl (C=O) groups is 1. The van der Waals surface area contributed by atoms with Crippen LogP contribution in [0.1, 0.15) is 37.7 Å². The standard InChI is InChI=1S/C35H34ClF4N3O4S/c36-27-13-7-23(8-14-27)22-5-11-26(12-6-22)35(39,40)32(33(44)43-18-17-31(41)34(37,38)21-43)42-48(45,46)30-16-10-24-19-29(15-9-25(24)20-30)47-28-3-1-2-4-28/h5-16,19-20,28,31-32,42H,1-4,17-18,21,41H2/t31-,32-/m1/s1.